The van der Waals surface area contributed by atoms with Gasteiger partial charge >= 0.3 is 0 Å². The molecule has 0 aliphatic rings. The quantitative estimate of drug-likeness (QED) is 0.334. The molecule has 0 aliphatic carbocycles. The molecule has 0 aromatic rings. The van der Waals surface area contributed by atoms with Gasteiger partial charge < -0.3 is 5.11 Å². The van der Waals surface area contributed by atoms with Crippen molar-refractivity contribution in [1.29, 1.82) is 0 Å². The second-order valence-corrected chi connectivity index (χ2v) is 5.41. The summed E-state index contributed by atoms with van der Waals surface area (Å²) in [5, 5.41) is 9.80. The van der Waals surface area contributed by atoms with Gasteiger partial charge in [0.1, 0.15) is 0 Å². The number of hydrogen-bond acceptors (Lipinski definition) is 1. The largest absolute Gasteiger partial charge is 0.393 e. The summed E-state index contributed by atoms with van der Waals surface area (Å²) in [7, 11) is 0. The van der Waals surface area contributed by atoms with Crippen molar-refractivity contribution in [3.63, 3.8) is 0 Å². The van der Waals surface area contributed by atoms with Gasteiger partial charge in [-0.1, -0.05) is 77.4 Å². The Morgan fingerprint density at radius 1 is 0.778 bits per heavy atom. The highest BCUT2D eigenvalue weighted by Gasteiger charge is 2.00. The maximum atomic E-state index is 9.80. The van der Waals surface area contributed by atoms with Gasteiger partial charge in [-0.2, -0.15) is 0 Å². The Morgan fingerprint density at radius 3 is 2.11 bits per heavy atom. The van der Waals surface area contributed by atoms with Crippen LogP contribution in [0.4, 0.5) is 0 Å². The van der Waals surface area contributed by atoms with Crippen LogP contribution in [0.5, 0.6) is 0 Å². The molecule has 0 bridgehead atoms. The zero-order chi connectivity index (χ0) is 13.5. The zero-order valence-electron chi connectivity index (χ0n) is 12.7. The molecule has 1 heteroatoms. The van der Waals surface area contributed by atoms with Crippen LogP contribution in [0.2, 0.25) is 0 Å². The van der Waals surface area contributed by atoms with Crippen LogP contribution in [0.25, 0.3) is 0 Å². The first-order chi connectivity index (χ1) is 8.81. The zero-order valence-corrected chi connectivity index (χ0v) is 12.7. The predicted octanol–water partition coefficient (Wildman–Crippen LogP) is 5.62. The molecule has 0 heterocycles. The molecule has 0 saturated carbocycles. The van der Waals surface area contributed by atoms with Gasteiger partial charge in [-0.15, -0.1) is 0 Å². The van der Waals surface area contributed by atoms with E-state index in [4.69, 9.17) is 0 Å². The van der Waals surface area contributed by atoms with Gasteiger partial charge in [-0.25, -0.2) is 0 Å². The molecular weight excluding hydrogens is 220 g/mol. The van der Waals surface area contributed by atoms with Crippen molar-refractivity contribution >= 4 is 0 Å². The second-order valence-electron chi connectivity index (χ2n) is 5.41. The highest BCUT2D eigenvalue weighted by molar-refractivity contribution is 4.83. The number of allylic oxidation sites excluding steroid dienone is 1. The van der Waals surface area contributed by atoms with E-state index in [0.717, 1.165) is 12.8 Å². The molecule has 0 amide bonds. The molecule has 1 atom stereocenters. The van der Waals surface area contributed by atoms with Crippen LogP contribution in [0.3, 0.4) is 0 Å². The summed E-state index contributed by atoms with van der Waals surface area (Å²) in [5.41, 5.74) is 0. The van der Waals surface area contributed by atoms with E-state index in [1.807, 2.05) is 0 Å². The van der Waals surface area contributed by atoms with Gasteiger partial charge in [0.15, 0.2) is 0 Å². The second kappa shape index (κ2) is 14.8. The summed E-state index contributed by atoms with van der Waals surface area (Å²) in [5.74, 6) is 0. The minimum atomic E-state index is -0.112. The molecule has 0 fully saturated rings. The SMILES string of the molecule is CCCCC/C=C/CC(O)CCCCCCCC. The van der Waals surface area contributed by atoms with Gasteiger partial charge in [0.05, 0.1) is 6.10 Å². The van der Waals surface area contributed by atoms with Gasteiger partial charge in [-0.3, -0.25) is 0 Å². The van der Waals surface area contributed by atoms with Gasteiger partial charge in [0, 0.05) is 0 Å². The molecule has 0 radical (unpaired) electrons. The highest BCUT2D eigenvalue weighted by Crippen LogP contribution is 2.10. The van der Waals surface area contributed by atoms with E-state index in [1.165, 1.54) is 64.2 Å². The first kappa shape index (κ1) is 17.7. The van der Waals surface area contributed by atoms with Crippen LogP contribution in [0.1, 0.15) is 90.9 Å². The Hall–Kier alpha value is -0.300. The van der Waals surface area contributed by atoms with E-state index in [1.54, 1.807) is 0 Å². The summed E-state index contributed by atoms with van der Waals surface area (Å²) in [6.07, 6.45) is 19.1. The third-order valence-corrected chi connectivity index (χ3v) is 3.44. The van der Waals surface area contributed by atoms with E-state index >= 15 is 0 Å². The average Bonchev–Trinajstić information content (AvgIpc) is 2.38. The van der Waals surface area contributed by atoms with Crippen molar-refractivity contribution in [3.05, 3.63) is 12.2 Å². The molecule has 1 unspecified atom stereocenters. The van der Waals surface area contributed by atoms with Crippen LogP contribution < -0.4 is 0 Å². The van der Waals surface area contributed by atoms with Crippen molar-refractivity contribution < 1.29 is 5.11 Å². The molecule has 108 valence electrons. The van der Waals surface area contributed by atoms with Crippen molar-refractivity contribution in [2.45, 2.75) is 97.0 Å². The van der Waals surface area contributed by atoms with E-state index in [-0.39, 0.29) is 6.10 Å². The summed E-state index contributed by atoms with van der Waals surface area (Å²) >= 11 is 0. The van der Waals surface area contributed by atoms with Crippen LogP contribution in [0, 0.1) is 0 Å². The number of aliphatic hydroxyl groups is 1. The standard InChI is InChI=1S/C17H34O/c1-3-5-7-9-11-13-15-17(18)16-14-12-10-8-6-4-2/h11,13,17-18H,3-10,12,14-16H2,1-2H3/b13-11+. The lowest BCUT2D eigenvalue weighted by molar-refractivity contribution is 0.163. The van der Waals surface area contributed by atoms with Gasteiger partial charge in [0.25, 0.3) is 0 Å². The molecule has 1 N–H and O–H groups in total. The molecule has 0 spiro atoms. The first-order valence-electron chi connectivity index (χ1n) is 8.14. The summed E-state index contributed by atoms with van der Waals surface area (Å²) in [6, 6.07) is 0. The third kappa shape index (κ3) is 13.8. The van der Waals surface area contributed by atoms with Gasteiger partial charge in [-0.05, 0) is 25.7 Å². The molecular formula is C17H34O. The molecule has 0 aliphatic heterocycles. The normalized spacial score (nSPS) is 13.3. The van der Waals surface area contributed by atoms with E-state index in [9.17, 15) is 5.11 Å². The molecule has 18 heavy (non-hydrogen) atoms. The third-order valence-electron chi connectivity index (χ3n) is 3.44. The summed E-state index contributed by atoms with van der Waals surface area (Å²) in [4.78, 5) is 0. The lowest BCUT2D eigenvalue weighted by atomic mass is 10.1. The van der Waals surface area contributed by atoms with Crippen LogP contribution >= 0.6 is 0 Å². The van der Waals surface area contributed by atoms with Crippen LogP contribution in [-0.4, -0.2) is 11.2 Å². The van der Waals surface area contributed by atoms with Crippen molar-refractivity contribution in [3.8, 4) is 0 Å². The molecule has 1 nitrogen and oxygen atoms in total. The van der Waals surface area contributed by atoms with Crippen LogP contribution in [-0.2, 0) is 0 Å². The van der Waals surface area contributed by atoms with Crippen LogP contribution in [0.15, 0.2) is 12.2 Å². The van der Waals surface area contributed by atoms with Crippen molar-refractivity contribution in [2.24, 2.45) is 0 Å². The molecule has 0 saturated heterocycles. The monoisotopic (exact) mass is 254 g/mol. The summed E-state index contributed by atoms with van der Waals surface area (Å²) < 4.78 is 0. The van der Waals surface area contributed by atoms with E-state index in [0.29, 0.717) is 0 Å². The lowest BCUT2D eigenvalue weighted by Crippen LogP contribution is -2.04. The molecule has 0 rings (SSSR count). The van der Waals surface area contributed by atoms with E-state index in [2.05, 4.69) is 26.0 Å². The Labute approximate surface area is 115 Å². The Morgan fingerprint density at radius 2 is 1.39 bits per heavy atom. The number of aliphatic hydroxyl groups excluding tert-OH is 1. The minimum absolute atomic E-state index is 0.112. The van der Waals surface area contributed by atoms with Gasteiger partial charge in [0.2, 0.25) is 0 Å². The fraction of sp³-hybridized carbons (Fsp3) is 0.882. The first-order valence-corrected chi connectivity index (χ1v) is 8.14. The smallest absolute Gasteiger partial charge is 0.0574 e. The average molecular weight is 254 g/mol. The van der Waals surface area contributed by atoms with E-state index < -0.39 is 0 Å². The predicted molar refractivity (Wildman–Crippen MR) is 81.9 cm³/mol. The van der Waals surface area contributed by atoms with Crippen molar-refractivity contribution in [1.82, 2.24) is 0 Å². The Balaban J connectivity index is 3.23. The van der Waals surface area contributed by atoms with Crippen molar-refractivity contribution in [2.75, 3.05) is 0 Å². The lowest BCUT2D eigenvalue weighted by Gasteiger charge is -2.07. The maximum absolute atomic E-state index is 9.80. The topological polar surface area (TPSA) is 20.2 Å². The minimum Gasteiger partial charge on any atom is -0.393 e. The highest BCUT2D eigenvalue weighted by atomic mass is 16.3. The molecule has 0 aromatic heterocycles. The Bertz CT molecular complexity index is 174. The maximum Gasteiger partial charge on any atom is 0.0574 e. The fourth-order valence-corrected chi connectivity index (χ4v) is 2.16. The number of hydrogen-bond donors (Lipinski definition) is 1. The Kier molecular flexibility index (Phi) is 14.5. The molecule has 0 aromatic carbocycles. The fourth-order valence-electron chi connectivity index (χ4n) is 2.16. The number of unbranched alkanes of at least 4 members (excludes halogenated alkanes) is 8. The number of rotatable bonds is 13. The summed E-state index contributed by atoms with van der Waals surface area (Å²) in [6.45, 7) is 4.48.